The maximum Gasteiger partial charge on any atom is 0.245 e. The van der Waals surface area contributed by atoms with Crippen LogP contribution in [0.3, 0.4) is 0 Å². The number of likely N-dealkylation sites (tertiary alicyclic amines) is 1. The molecular weight excluding hydrogens is 1110 g/mol. The average Bonchev–Trinajstić information content (AvgIpc) is 2.53. The van der Waals surface area contributed by atoms with E-state index in [2.05, 4.69) is 38.5 Å². The summed E-state index contributed by atoms with van der Waals surface area (Å²) in [5, 5.41) is 21.5. The number of carbonyl (C=O) groups excluding carboxylic acids is 11. The largest absolute Gasteiger partial charge is 0.388 e. The lowest BCUT2D eigenvalue weighted by atomic mass is 9.89. The van der Waals surface area contributed by atoms with E-state index >= 15 is 0 Å². The molecule has 0 aromatic heterocycles. The van der Waals surface area contributed by atoms with E-state index in [1.54, 1.807) is 27.7 Å². The van der Waals surface area contributed by atoms with Crippen molar-refractivity contribution < 1.29 is 52.7 Å². The van der Waals surface area contributed by atoms with Crippen LogP contribution < -0.4 is 55.3 Å². The summed E-state index contributed by atoms with van der Waals surface area (Å²) in [6, 6.07) is -6.74. The van der Waals surface area contributed by atoms with Gasteiger partial charge in [0.2, 0.25) is 47.3 Å². The van der Waals surface area contributed by atoms with Crippen molar-refractivity contribution >= 4 is 76.4 Å². The summed E-state index contributed by atoms with van der Waals surface area (Å²) in [4.78, 5) is 154. The number of Topliss-reactive ketones (excluding diaryl/α,β-unsaturated/α-hetero) is 3. The van der Waals surface area contributed by atoms with E-state index in [4.69, 9.17) is 34.1 Å². The molecule has 496 valence electrons. The smallest absolute Gasteiger partial charge is 0.245 e. The maximum atomic E-state index is 14.5. The van der Waals surface area contributed by atoms with Crippen molar-refractivity contribution in [2.75, 3.05) is 13.1 Å². The van der Waals surface area contributed by atoms with Gasteiger partial charge in [0.1, 0.15) is 18.1 Å². The van der Waals surface area contributed by atoms with Crippen molar-refractivity contribution in [1.29, 1.82) is 5.41 Å². The first kappa shape index (κ1) is 78.5. The predicted octanol–water partition coefficient (Wildman–Crippen LogP) is 4.92. The second-order valence-electron chi connectivity index (χ2n) is 25.3. The van der Waals surface area contributed by atoms with Crippen LogP contribution in [-0.4, -0.2) is 131 Å². The highest BCUT2D eigenvalue weighted by Gasteiger charge is 2.41. The molecule has 1 aliphatic heterocycles. The Bertz CT molecular complexity index is 2250. The van der Waals surface area contributed by atoms with Gasteiger partial charge in [-0.1, -0.05) is 146 Å². The van der Waals surface area contributed by atoms with Crippen LogP contribution in [-0.2, 0) is 52.7 Å². The Morgan fingerprint density at radius 1 is 0.529 bits per heavy atom. The SMILES string of the molecule is CCCCCCCCCCCCCCCC(=O)N[C@H](C(=O)N[C@@H](CCCCC(=N)N)C(=O)N1CCC[C@H]1C(=O)N[C@H](C(=O)C[C@@H](C)C(=O)N[C@@H](CC(N)=O)C(=O)C[C@@H](C)C(=O)N[C@@H](CCCN=C(N)N)C(=O)C[C@@H](CC(C)C)C(N)=O)C(C)C)C(C)C. The molecule has 0 bridgehead atoms. The number of guanidine groups is 1. The Morgan fingerprint density at radius 2 is 1.02 bits per heavy atom. The molecular formula is C63H113N13O11. The van der Waals surface area contributed by atoms with Gasteiger partial charge in [-0.05, 0) is 69.1 Å². The summed E-state index contributed by atoms with van der Waals surface area (Å²) >= 11 is 0. The van der Waals surface area contributed by atoms with Gasteiger partial charge < -0.3 is 60.2 Å². The van der Waals surface area contributed by atoms with Gasteiger partial charge in [-0.3, -0.25) is 63.1 Å². The Morgan fingerprint density at radius 3 is 1.53 bits per heavy atom. The van der Waals surface area contributed by atoms with Gasteiger partial charge >= 0.3 is 0 Å². The number of nitrogens with two attached hydrogens (primary N) is 5. The van der Waals surface area contributed by atoms with Crippen LogP contribution in [0.2, 0.25) is 0 Å². The number of nitrogens with one attached hydrogen (secondary N) is 6. The molecule has 0 aromatic carbocycles. The number of rotatable bonds is 49. The number of carbonyl (C=O) groups is 11. The van der Waals surface area contributed by atoms with Crippen LogP contribution in [0, 0.1) is 40.9 Å². The molecule has 1 heterocycles. The van der Waals surface area contributed by atoms with Crippen molar-refractivity contribution in [3.63, 3.8) is 0 Å². The van der Waals surface area contributed by atoms with Gasteiger partial charge in [-0.25, -0.2) is 0 Å². The fraction of sp³-hybridized carbons (Fsp3) is 0.794. The van der Waals surface area contributed by atoms with Gasteiger partial charge in [0.05, 0.1) is 30.4 Å². The Balaban J connectivity index is 3.11. The van der Waals surface area contributed by atoms with Crippen LogP contribution in [0.1, 0.15) is 236 Å². The number of aliphatic imine (C=N–C) groups is 1. The summed E-state index contributed by atoms with van der Waals surface area (Å²) < 4.78 is 0. The zero-order valence-corrected chi connectivity index (χ0v) is 54.2. The van der Waals surface area contributed by atoms with Gasteiger partial charge in [0.25, 0.3) is 0 Å². The highest BCUT2D eigenvalue weighted by Crippen LogP contribution is 2.24. The second kappa shape index (κ2) is 43.2. The van der Waals surface area contributed by atoms with E-state index in [1.807, 2.05) is 13.8 Å². The fourth-order valence-corrected chi connectivity index (χ4v) is 10.8. The number of nitrogens with zero attached hydrogens (tertiary/aromatic N) is 2. The zero-order valence-electron chi connectivity index (χ0n) is 54.2. The lowest BCUT2D eigenvalue weighted by Crippen LogP contribution is -2.58. The number of primary amides is 2. The zero-order chi connectivity index (χ0) is 65.8. The molecule has 24 nitrogen and oxygen atoms in total. The van der Waals surface area contributed by atoms with Gasteiger partial charge in [0, 0.05) is 62.9 Å². The minimum absolute atomic E-state index is 0.0213. The van der Waals surface area contributed by atoms with E-state index < -0.39 is 138 Å². The van der Waals surface area contributed by atoms with E-state index in [-0.39, 0.29) is 87.6 Å². The van der Waals surface area contributed by atoms with Crippen LogP contribution in [0.25, 0.3) is 0 Å². The quantitative estimate of drug-likeness (QED) is 0.0219. The first-order valence-electron chi connectivity index (χ1n) is 32.4. The molecule has 0 unspecified atom stereocenters. The van der Waals surface area contributed by atoms with Crippen molar-refractivity contribution in [2.45, 2.75) is 272 Å². The summed E-state index contributed by atoms with van der Waals surface area (Å²) in [7, 11) is 0. The van der Waals surface area contributed by atoms with Crippen LogP contribution in [0.4, 0.5) is 0 Å². The number of unbranched alkanes of at least 4 members (excludes halogenated alkanes) is 13. The summed E-state index contributed by atoms with van der Waals surface area (Å²) in [5.74, 6) is -10.6. The fourth-order valence-electron chi connectivity index (χ4n) is 10.8. The van der Waals surface area contributed by atoms with E-state index in [0.29, 0.717) is 32.1 Å². The third kappa shape index (κ3) is 32.9. The topological polar surface area (TPSA) is 417 Å². The number of ketones is 3. The first-order valence-corrected chi connectivity index (χ1v) is 32.4. The summed E-state index contributed by atoms with van der Waals surface area (Å²) in [6.45, 7) is 16.2. The Labute approximate surface area is 518 Å². The molecule has 1 aliphatic rings. The van der Waals surface area contributed by atoms with Crippen molar-refractivity contribution in [3.05, 3.63) is 0 Å². The highest BCUT2D eigenvalue weighted by molar-refractivity contribution is 5.99. The molecule has 1 saturated heterocycles. The summed E-state index contributed by atoms with van der Waals surface area (Å²) in [6.07, 6.45) is 16.5. The minimum atomic E-state index is -1.49. The third-order valence-corrected chi connectivity index (χ3v) is 16.0. The standard InChI is InChI=1S/C63H113N13O11/c1-10-11-12-13-14-15-16-17-18-19-20-21-22-31-54(81)74-56(41(6)7)61(86)72-46(27-23-24-30-52(64)65)62(87)76-33-26-29-48(76)60(85)75-55(40(4)5)51(79)36-43(9)59(84)73-47(38-53(66)80)49(77)35-42(8)58(83)71-45(28-25-32-70-63(68)69)50(78)37-44(57(67)82)34-39(2)3/h39-48,55-56H,10-38H2,1-9H3,(H3,64,65)(H2,66,80)(H2,67,82)(H,71,83)(H,72,86)(H,73,84)(H,74,81)(H,75,85)(H4,68,69,70)/t42-,43-,44-,45+,46+,47+,48+,55+,56+/m1/s1. The molecule has 0 aromatic rings. The molecule has 0 radical (unpaired) electrons. The van der Waals surface area contributed by atoms with Crippen LogP contribution >= 0.6 is 0 Å². The first-order chi connectivity index (χ1) is 41.0. The van der Waals surface area contributed by atoms with E-state index in [1.165, 1.54) is 76.5 Å². The number of amides is 8. The summed E-state index contributed by atoms with van der Waals surface area (Å²) in [5.41, 5.74) is 27.6. The van der Waals surface area contributed by atoms with E-state index in [0.717, 1.165) is 19.3 Å². The predicted molar refractivity (Wildman–Crippen MR) is 338 cm³/mol. The molecule has 9 atom stereocenters. The Kier molecular flexibility index (Phi) is 39.0. The number of hydrogen-bond donors (Lipinski definition) is 11. The highest BCUT2D eigenvalue weighted by atomic mass is 16.2. The number of amidine groups is 1. The van der Waals surface area contributed by atoms with Gasteiger partial charge in [-0.15, -0.1) is 0 Å². The minimum Gasteiger partial charge on any atom is -0.388 e. The lowest BCUT2D eigenvalue weighted by molar-refractivity contribution is -0.143. The lowest BCUT2D eigenvalue weighted by Gasteiger charge is -2.32. The molecule has 0 aliphatic carbocycles. The molecule has 1 rings (SSSR count). The van der Waals surface area contributed by atoms with Crippen molar-refractivity contribution in [3.8, 4) is 0 Å². The molecule has 16 N–H and O–H groups in total. The van der Waals surface area contributed by atoms with Gasteiger partial charge in [-0.2, -0.15) is 0 Å². The molecule has 0 saturated carbocycles. The molecule has 24 heteroatoms. The number of hydrogen-bond acceptors (Lipinski definition) is 13. The van der Waals surface area contributed by atoms with Crippen LogP contribution in [0.5, 0.6) is 0 Å². The third-order valence-electron chi connectivity index (χ3n) is 16.0. The monoisotopic (exact) mass is 1230 g/mol. The average molecular weight is 1230 g/mol. The molecule has 87 heavy (non-hydrogen) atoms. The molecule has 1 fully saturated rings. The maximum absolute atomic E-state index is 14.5. The van der Waals surface area contributed by atoms with Crippen molar-refractivity contribution in [1.82, 2.24) is 31.5 Å². The van der Waals surface area contributed by atoms with Crippen LogP contribution in [0.15, 0.2) is 4.99 Å². The normalized spacial score (nSPS) is 15.9. The van der Waals surface area contributed by atoms with Crippen molar-refractivity contribution in [2.24, 2.45) is 69.2 Å². The van der Waals surface area contributed by atoms with Gasteiger partial charge in [0.15, 0.2) is 23.3 Å². The molecule has 8 amide bonds. The molecule has 0 spiro atoms. The van der Waals surface area contributed by atoms with E-state index in [9.17, 15) is 52.7 Å². The second-order valence-corrected chi connectivity index (χ2v) is 25.3. The Hall–Kier alpha value is -6.49.